The summed E-state index contributed by atoms with van der Waals surface area (Å²) in [6.45, 7) is 4.09. The summed E-state index contributed by atoms with van der Waals surface area (Å²) >= 11 is 3.50. The molecule has 0 spiro atoms. The number of carbonyl (C=O) groups excluding carboxylic acids is 2. The molecule has 5 heteroatoms. The molecule has 2 aromatic rings. The highest BCUT2D eigenvalue weighted by Gasteiger charge is 2.32. The first kappa shape index (κ1) is 23.5. The van der Waals surface area contributed by atoms with E-state index >= 15 is 0 Å². The third kappa shape index (κ3) is 5.76. The van der Waals surface area contributed by atoms with Gasteiger partial charge in [-0.25, -0.2) is 0 Å². The van der Waals surface area contributed by atoms with Crippen LogP contribution in [0.3, 0.4) is 0 Å². The summed E-state index contributed by atoms with van der Waals surface area (Å²) in [5, 5.41) is 3.22. The third-order valence-electron chi connectivity index (χ3n) is 6.59. The van der Waals surface area contributed by atoms with Gasteiger partial charge in [-0.05, 0) is 72.9 Å². The van der Waals surface area contributed by atoms with Gasteiger partial charge < -0.3 is 10.1 Å². The van der Waals surface area contributed by atoms with E-state index in [0.29, 0.717) is 12.3 Å². The van der Waals surface area contributed by atoms with Gasteiger partial charge in [0.1, 0.15) is 0 Å². The molecule has 1 aliphatic carbocycles. The lowest BCUT2D eigenvalue weighted by Gasteiger charge is -2.25. The molecule has 2 aromatic carbocycles. The van der Waals surface area contributed by atoms with Gasteiger partial charge in [0.2, 0.25) is 5.91 Å². The van der Waals surface area contributed by atoms with Gasteiger partial charge in [-0.1, -0.05) is 60.0 Å². The smallest absolute Gasteiger partial charge is 0.306 e. The average molecular weight is 486 g/mol. The Morgan fingerprint density at radius 2 is 1.81 bits per heavy atom. The van der Waals surface area contributed by atoms with Gasteiger partial charge in [0.15, 0.2) is 0 Å². The fraction of sp³-hybridized carbons (Fsp3) is 0.462. The molecule has 1 N–H and O–H groups in total. The number of methoxy groups -OCH3 is 1. The molecular formula is C26H32BrNO3. The SMILES string of the molecule is CCC(CC(=O)OC)c1cccc(NC(=O)C(c2ccc(Br)cc2)C2CCCC2)c1C. The Kier molecular flexibility index (Phi) is 8.30. The van der Waals surface area contributed by atoms with Crippen LogP contribution in [0.1, 0.15) is 74.0 Å². The second kappa shape index (κ2) is 10.9. The Labute approximate surface area is 193 Å². The fourth-order valence-electron chi connectivity index (χ4n) is 4.80. The topological polar surface area (TPSA) is 55.4 Å². The zero-order chi connectivity index (χ0) is 22.4. The molecule has 0 radical (unpaired) electrons. The molecule has 31 heavy (non-hydrogen) atoms. The number of benzene rings is 2. The summed E-state index contributed by atoms with van der Waals surface area (Å²) in [4.78, 5) is 25.4. The van der Waals surface area contributed by atoms with Crippen LogP contribution in [0.15, 0.2) is 46.9 Å². The minimum atomic E-state index is -0.211. The number of nitrogens with one attached hydrogen (secondary N) is 1. The van der Waals surface area contributed by atoms with Gasteiger partial charge >= 0.3 is 5.97 Å². The van der Waals surface area contributed by atoms with Crippen LogP contribution >= 0.6 is 15.9 Å². The number of halogens is 1. The Hall–Kier alpha value is -2.14. The minimum absolute atomic E-state index is 0.0514. The van der Waals surface area contributed by atoms with E-state index in [0.717, 1.165) is 46.1 Å². The standard InChI is InChI=1S/C26H32BrNO3/c1-4-18(16-24(29)31-3)22-10-7-11-23(17(22)2)28-26(30)25(19-8-5-6-9-19)20-12-14-21(27)15-13-20/h7,10-15,18-19,25H,4-6,8-9,16H2,1-3H3,(H,28,30). The van der Waals surface area contributed by atoms with Crippen LogP contribution in [0.25, 0.3) is 0 Å². The van der Waals surface area contributed by atoms with Crippen molar-refractivity contribution in [2.24, 2.45) is 5.92 Å². The quantitative estimate of drug-likeness (QED) is 0.421. The average Bonchev–Trinajstić information content (AvgIpc) is 3.29. The number of ether oxygens (including phenoxy) is 1. The Balaban J connectivity index is 1.86. The molecule has 2 unspecified atom stereocenters. The number of anilines is 1. The zero-order valence-electron chi connectivity index (χ0n) is 18.6. The molecule has 1 amide bonds. The molecule has 0 aromatic heterocycles. The van der Waals surface area contributed by atoms with Crippen molar-refractivity contribution in [2.45, 2.75) is 64.2 Å². The number of esters is 1. The highest BCUT2D eigenvalue weighted by atomic mass is 79.9. The van der Waals surface area contributed by atoms with Crippen molar-refractivity contribution in [3.63, 3.8) is 0 Å². The van der Waals surface area contributed by atoms with Gasteiger partial charge in [0, 0.05) is 10.2 Å². The molecule has 3 rings (SSSR count). The van der Waals surface area contributed by atoms with E-state index in [9.17, 15) is 9.59 Å². The van der Waals surface area contributed by atoms with Gasteiger partial charge in [-0.2, -0.15) is 0 Å². The summed E-state index contributed by atoms with van der Waals surface area (Å²) in [6, 6.07) is 14.1. The molecular weight excluding hydrogens is 454 g/mol. The predicted octanol–water partition coefficient (Wildman–Crippen LogP) is 6.73. The third-order valence-corrected chi connectivity index (χ3v) is 7.12. The second-order valence-electron chi connectivity index (χ2n) is 8.47. The molecule has 0 bridgehead atoms. The summed E-state index contributed by atoms with van der Waals surface area (Å²) in [5.74, 6) is 0.122. The van der Waals surface area contributed by atoms with Crippen molar-refractivity contribution in [1.82, 2.24) is 0 Å². The van der Waals surface area contributed by atoms with Crippen LogP contribution in [0.4, 0.5) is 5.69 Å². The number of hydrogen-bond acceptors (Lipinski definition) is 3. The lowest BCUT2D eigenvalue weighted by Crippen LogP contribution is -2.27. The lowest BCUT2D eigenvalue weighted by molar-refractivity contribution is -0.141. The summed E-state index contributed by atoms with van der Waals surface area (Å²) in [7, 11) is 1.42. The summed E-state index contributed by atoms with van der Waals surface area (Å²) in [6.07, 6.45) is 5.72. The van der Waals surface area contributed by atoms with Crippen LogP contribution in [-0.4, -0.2) is 19.0 Å². The molecule has 1 aliphatic rings. The molecule has 0 saturated heterocycles. The predicted molar refractivity (Wildman–Crippen MR) is 128 cm³/mol. The first-order valence-electron chi connectivity index (χ1n) is 11.2. The van der Waals surface area contributed by atoms with Crippen LogP contribution in [-0.2, 0) is 14.3 Å². The maximum Gasteiger partial charge on any atom is 0.306 e. The van der Waals surface area contributed by atoms with E-state index in [1.807, 2.05) is 37.3 Å². The number of rotatable bonds is 8. The van der Waals surface area contributed by atoms with Crippen molar-refractivity contribution in [3.05, 3.63) is 63.6 Å². The summed E-state index contributed by atoms with van der Waals surface area (Å²) < 4.78 is 5.89. The first-order valence-corrected chi connectivity index (χ1v) is 12.0. The van der Waals surface area contributed by atoms with E-state index in [1.54, 1.807) is 0 Å². The molecule has 1 saturated carbocycles. The molecule has 4 nitrogen and oxygen atoms in total. The molecule has 166 valence electrons. The highest BCUT2D eigenvalue weighted by molar-refractivity contribution is 9.10. The normalized spacial score (nSPS) is 16.0. The van der Waals surface area contributed by atoms with Crippen LogP contribution in [0, 0.1) is 12.8 Å². The molecule has 0 heterocycles. The van der Waals surface area contributed by atoms with E-state index in [4.69, 9.17) is 4.74 Å². The van der Waals surface area contributed by atoms with Gasteiger partial charge in [-0.15, -0.1) is 0 Å². The van der Waals surface area contributed by atoms with Crippen molar-refractivity contribution in [1.29, 1.82) is 0 Å². The van der Waals surface area contributed by atoms with Crippen LogP contribution in [0.2, 0.25) is 0 Å². The van der Waals surface area contributed by atoms with E-state index in [2.05, 4.69) is 40.3 Å². The Bertz CT molecular complexity index is 903. The second-order valence-corrected chi connectivity index (χ2v) is 9.38. The number of carbonyl (C=O) groups is 2. The molecule has 2 atom stereocenters. The maximum atomic E-state index is 13.5. The van der Waals surface area contributed by atoms with E-state index in [-0.39, 0.29) is 23.7 Å². The molecule has 0 aliphatic heterocycles. The van der Waals surface area contributed by atoms with Gasteiger partial charge in [0.05, 0.1) is 19.4 Å². The van der Waals surface area contributed by atoms with Gasteiger partial charge in [0.25, 0.3) is 0 Å². The zero-order valence-corrected chi connectivity index (χ0v) is 20.2. The molecule has 1 fully saturated rings. The van der Waals surface area contributed by atoms with Crippen LogP contribution < -0.4 is 5.32 Å². The number of hydrogen-bond donors (Lipinski definition) is 1. The van der Waals surface area contributed by atoms with Gasteiger partial charge in [-0.3, -0.25) is 9.59 Å². The first-order chi connectivity index (χ1) is 14.9. The monoisotopic (exact) mass is 485 g/mol. The lowest BCUT2D eigenvalue weighted by atomic mass is 9.84. The van der Waals surface area contributed by atoms with Crippen molar-refractivity contribution >= 4 is 33.5 Å². The largest absolute Gasteiger partial charge is 0.469 e. The van der Waals surface area contributed by atoms with Crippen molar-refractivity contribution in [3.8, 4) is 0 Å². The Morgan fingerprint density at radius 1 is 1.13 bits per heavy atom. The number of amides is 1. The van der Waals surface area contributed by atoms with E-state index < -0.39 is 0 Å². The van der Waals surface area contributed by atoms with Crippen LogP contribution in [0.5, 0.6) is 0 Å². The Morgan fingerprint density at radius 3 is 2.42 bits per heavy atom. The van der Waals surface area contributed by atoms with Crippen molar-refractivity contribution in [2.75, 3.05) is 12.4 Å². The maximum absolute atomic E-state index is 13.5. The summed E-state index contributed by atoms with van der Waals surface area (Å²) in [5.41, 5.74) is 4.00. The minimum Gasteiger partial charge on any atom is -0.469 e. The highest BCUT2D eigenvalue weighted by Crippen LogP contribution is 2.39. The van der Waals surface area contributed by atoms with E-state index in [1.165, 1.54) is 20.0 Å². The fourth-order valence-corrected chi connectivity index (χ4v) is 5.06. The van der Waals surface area contributed by atoms with Crippen molar-refractivity contribution < 1.29 is 14.3 Å².